The molecule has 0 aromatic heterocycles. The first-order chi connectivity index (χ1) is 16.0. The van der Waals surface area contributed by atoms with Gasteiger partial charge in [0.05, 0.1) is 12.7 Å². The fraction of sp³-hybridized carbons (Fsp3) is 0.269. The van der Waals surface area contributed by atoms with E-state index in [2.05, 4.69) is 5.32 Å². The molecule has 0 fully saturated rings. The minimum absolute atomic E-state index is 0.109. The molecule has 4 rings (SSSR count). The molecule has 1 aliphatic rings. The molecule has 3 aromatic rings. The summed E-state index contributed by atoms with van der Waals surface area (Å²) in [5.41, 5.74) is 2.32. The lowest BCUT2D eigenvalue weighted by molar-refractivity contribution is 0.0691. The number of aromatic carboxylic acids is 1. The lowest BCUT2D eigenvalue weighted by atomic mass is 9.83. The van der Waals surface area contributed by atoms with Crippen molar-refractivity contribution in [1.82, 2.24) is 5.32 Å². The van der Waals surface area contributed by atoms with Crippen LogP contribution in [-0.2, 0) is 6.42 Å². The number of nitrogens with one attached hydrogen (secondary N) is 1. The molecule has 2 atom stereocenters. The second kappa shape index (κ2) is 10.0. The topological polar surface area (TPSA) is 67.8 Å². The Balaban J connectivity index is 1.44. The van der Waals surface area contributed by atoms with Crippen molar-refractivity contribution >= 4 is 5.97 Å². The van der Waals surface area contributed by atoms with E-state index >= 15 is 0 Å². The van der Waals surface area contributed by atoms with E-state index in [1.54, 1.807) is 18.2 Å². The summed E-state index contributed by atoms with van der Waals surface area (Å²) in [5.74, 6) is -1.57. The van der Waals surface area contributed by atoms with Crippen molar-refractivity contribution < 1.29 is 28.2 Å². The van der Waals surface area contributed by atoms with Crippen molar-refractivity contribution in [3.63, 3.8) is 0 Å². The second-order valence-corrected chi connectivity index (χ2v) is 8.03. The van der Waals surface area contributed by atoms with E-state index in [1.807, 2.05) is 24.3 Å². The van der Waals surface area contributed by atoms with Crippen LogP contribution in [0.1, 0.15) is 39.4 Å². The van der Waals surface area contributed by atoms with Crippen LogP contribution in [0.4, 0.5) is 8.78 Å². The summed E-state index contributed by atoms with van der Waals surface area (Å²) in [4.78, 5) is 11.4. The van der Waals surface area contributed by atoms with Crippen LogP contribution in [0, 0.1) is 11.6 Å². The third-order valence-electron chi connectivity index (χ3n) is 5.89. The molecular formula is C26H25F2NO4. The van der Waals surface area contributed by atoms with Gasteiger partial charge in [-0.25, -0.2) is 13.6 Å². The Morgan fingerprint density at radius 2 is 1.91 bits per heavy atom. The van der Waals surface area contributed by atoms with Crippen LogP contribution >= 0.6 is 0 Å². The Bertz CT molecular complexity index is 1150. The van der Waals surface area contributed by atoms with E-state index < -0.39 is 11.8 Å². The van der Waals surface area contributed by atoms with Crippen molar-refractivity contribution in [3.05, 3.63) is 94.6 Å². The smallest absolute Gasteiger partial charge is 0.338 e. The predicted octanol–water partition coefficient (Wildman–Crippen LogP) is 4.79. The Kier molecular flexibility index (Phi) is 6.89. The van der Waals surface area contributed by atoms with Crippen LogP contribution in [0.3, 0.4) is 0 Å². The third kappa shape index (κ3) is 5.14. The molecule has 1 unspecified atom stereocenters. The average molecular weight is 453 g/mol. The summed E-state index contributed by atoms with van der Waals surface area (Å²) in [6.45, 7) is 1.25. The number of carboxylic acid groups (broad SMARTS) is 1. The number of hydrogen-bond donors (Lipinski definition) is 2. The normalized spacial score (nSPS) is 17.2. The number of carbonyl (C=O) groups is 1. The fourth-order valence-electron chi connectivity index (χ4n) is 4.21. The van der Waals surface area contributed by atoms with E-state index in [4.69, 9.17) is 9.47 Å². The number of carboxylic acids is 1. The van der Waals surface area contributed by atoms with Gasteiger partial charge in [-0.1, -0.05) is 30.3 Å². The Hall–Kier alpha value is -3.45. The molecule has 3 aromatic carbocycles. The number of para-hydroxylation sites is 1. The molecule has 0 amide bonds. The van der Waals surface area contributed by atoms with Gasteiger partial charge in [-0.05, 0) is 60.8 Å². The molecular weight excluding hydrogens is 428 g/mol. The van der Waals surface area contributed by atoms with Crippen molar-refractivity contribution in [2.24, 2.45) is 0 Å². The van der Waals surface area contributed by atoms with Crippen molar-refractivity contribution in [2.75, 3.05) is 20.2 Å². The number of fused-ring (bicyclic) bond motifs is 1. The van der Waals surface area contributed by atoms with Crippen LogP contribution in [-0.4, -0.2) is 37.4 Å². The number of ether oxygens (including phenoxy) is 2. The highest BCUT2D eigenvalue weighted by Gasteiger charge is 2.30. The maximum absolute atomic E-state index is 13.9. The van der Waals surface area contributed by atoms with E-state index in [-0.39, 0.29) is 29.2 Å². The van der Waals surface area contributed by atoms with Gasteiger partial charge in [0.2, 0.25) is 0 Å². The minimum atomic E-state index is -1.29. The SMILES string of the molecule is COc1cc(CCNC[C@H]2CC(c3ccc(F)c(C(=O)O)c3)c3ccccc3O2)ccc1F. The molecule has 1 aliphatic heterocycles. The number of rotatable bonds is 8. The molecule has 0 aliphatic carbocycles. The predicted molar refractivity (Wildman–Crippen MR) is 120 cm³/mol. The minimum Gasteiger partial charge on any atom is -0.494 e. The van der Waals surface area contributed by atoms with Crippen LogP contribution in [0.25, 0.3) is 0 Å². The zero-order chi connectivity index (χ0) is 23.4. The van der Waals surface area contributed by atoms with E-state index in [0.717, 1.165) is 22.4 Å². The van der Waals surface area contributed by atoms with Crippen LogP contribution in [0.5, 0.6) is 11.5 Å². The van der Waals surface area contributed by atoms with Crippen LogP contribution in [0.15, 0.2) is 60.7 Å². The van der Waals surface area contributed by atoms with Gasteiger partial charge in [0.1, 0.15) is 17.7 Å². The van der Waals surface area contributed by atoms with Crippen molar-refractivity contribution in [1.29, 1.82) is 0 Å². The van der Waals surface area contributed by atoms with E-state index in [1.165, 1.54) is 25.3 Å². The molecule has 7 heteroatoms. The molecule has 33 heavy (non-hydrogen) atoms. The van der Waals surface area contributed by atoms with Crippen molar-refractivity contribution in [3.8, 4) is 11.5 Å². The summed E-state index contributed by atoms with van der Waals surface area (Å²) < 4.78 is 38.7. The quantitative estimate of drug-likeness (QED) is 0.480. The Morgan fingerprint density at radius 1 is 1.12 bits per heavy atom. The highest BCUT2D eigenvalue weighted by molar-refractivity contribution is 5.88. The van der Waals surface area contributed by atoms with Gasteiger partial charge in [-0.15, -0.1) is 0 Å². The number of halogens is 2. The van der Waals surface area contributed by atoms with Crippen LogP contribution in [0.2, 0.25) is 0 Å². The van der Waals surface area contributed by atoms with Gasteiger partial charge in [-0.3, -0.25) is 0 Å². The summed E-state index contributed by atoms with van der Waals surface area (Å²) in [6.07, 6.45) is 1.17. The average Bonchev–Trinajstić information content (AvgIpc) is 2.82. The zero-order valence-electron chi connectivity index (χ0n) is 18.2. The first-order valence-electron chi connectivity index (χ1n) is 10.8. The van der Waals surface area contributed by atoms with Gasteiger partial charge in [0.25, 0.3) is 0 Å². The van der Waals surface area contributed by atoms with Gasteiger partial charge >= 0.3 is 5.97 Å². The Labute approximate surface area is 191 Å². The van der Waals surface area contributed by atoms with E-state index in [0.29, 0.717) is 25.9 Å². The number of benzene rings is 3. The fourth-order valence-corrected chi connectivity index (χ4v) is 4.21. The standard InChI is InChI=1S/C26H25F2NO4/c1-32-25-12-16(6-8-23(25)28)10-11-29-15-18-14-20(19-4-2-3-5-24(19)33-18)17-7-9-22(27)21(13-17)26(30)31/h2-9,12-13,18,20,29H,10-11,14-15H2,1H3,(H,30,31)/t18-,20?/m1/s1. The monoisotopic (exact) mass is 453 g/mol. The highest BCUT2D eigenvalue weighted by atomic mass is 19.1. The molecule has 0 saturated carbocycles. The van der Waals surface area contributed by atoms with Gasteiger partial charge < -0.3 is 19.9 Å². The second-order valence-electron chi connectivity index (χ2n) is 8.03. The lowest BCUT2D eigenvalue weighted by Crippen LogP contribution is -2.36. The summed E-state index contributed by atoms with van der Waals surface area (Å²) >= 11 is 0. The summed E-state index contributed by atoms with van der Waals surface area (Å²) in [6, 6.07) is 16.7. The van der Waals surface area contributed by atoms with E-state index in [9.17, 15) is 18.7 Å². The maximum Gasteiger partial charge on any atom is 0.338 e. The van der Waals surface area contributed by atoms with Gasteiger partial charge in [0.15, 0.2) is 11.6 Å². The molecule has 5 nitrogen and oxygen atoms in total. The van der Waals surface area contributed by atoms with Gasteiger partial charge in [-0.2, -0.15) is 0 Å². The first-order valence-corrected chi connectivity index (χ1v) is 10.8. The lowest BCUT2D eigenvalue weighted by Gasteiger charge is -2.33. The third-order valence-corrected chi connectivity index (χ3v) is 5.89. The van der Waals surface area contributed by atoms with Crippen LogP contribution < -0.4 is 14.8 Å². The molecule has 2 N–H and O–H groups in total. The number of methoxy groups -OCH3 is 1. The van der Waals surface area contributed by atoms with Gasteiger partial charge in [0, 0.05) is 18.0 Å². The molecule has 0 radical (unpaired) electrons. The molecule has 0 spiro atoms. The largest absolute Gasteiger partial charge is 0.494 e. The zero-order valence-corrected chi connectivity index (χ0v) is 18.2. The molecule has 0 bridgehead atoms. The molecule has 172 valence electrons. The molecule has 0 saturated heterocycles. The first kappa shape index (κ1) is 22.7. The summed E-state index contributed by atoms with van der Waals surface area (Å²) in [5, 5.41) is 12.7. The Morgan fingerprint density at radius 3 is 2.70 bits per heavy atom. The number of hydrogen-bond acceptors (Lipinski definition) is 4. The highest BCUT2D eigenvalue weighted by Crippen LogP contribution is 2.40. The summed E-state index contributed by atoms with van der Waals surface area (Å²) in [7, 11) is 1.44. The van der Waals surface area contributed by atoms with Crippen molar-refractivity contribution in [2.45, 2.75) is 24.9 Å². The molecule has 1 heterocycles. The maximum atomic E-state index is 13.9.